The number of aromatic amines is 1. The van der Waals surface area contributed by atoms with Crippen molar-refractivity contribution >= 4 is 38.3 Å². The highest BCUT2D eigenvalue weighted by Gasteiger charge is 2.22. The summed E-state index contributed by atoms with van der Waals surface area (Å²) in [5.74, 6) is -0.360. The lowest BCUT2D eigenvalue weighted by molar-refractivity contribution is 0.0699. The second kappa shape index (κ2) is 4.14. The highest BCUT2D eigenvalue weighted by Crippen LogP contribution is 2.41. The standard InChI is InChI=1S/C19H11NO3/c21-19(22)16-8-14-12-4-2-1-3-10(12)5-6-13(14)15-7-11-9-20-23-18(11)17(15)16/h1-9,20H,(H,21,22). The minimum atomic E-state index is -0.950. The smallest absolute Gasteiger partial charge is 0.336 e. The molecule has 4 heteroatoms. The van der Waals surface area contributed by atoms with Crippen molar-refractivity contribution in [3.8, 4) is 11.3 Å². The molecule has 3 aromatic carbocycles. The first kappa shape index (κ1) is 12.3. The Labute approximate surface area is 130 Å². The second-order valence-electron chi connectivity index (χ2n) is 5.69. The van der Waals surface area contributed by atoms with Gasteiger partial charge in [0.2, 0.25) is 0 Å². The zero-order chi connectivity index (χ0) is 15.6. The van der Waals surface area contributed by atoms with Crippen molar-refractivity contribution in [2.45, 2.75) is 0 Å². The van der Waals surface area contributed by atoms with Crippen LogP contribution in [-0.4, -0.2) is 16.2 Å². The molecule has 2 aliphatic rings. The lowest BCUT2D eigenvalue weighted by Crippen LogP contribution is -1.97. The molecule has 0 amide bonds. The Morgan fingerprint density at radius 2 is 1.83 bits per heavy atom. The molecule has 23 heavy (non-hydrogen) atoms. The van der Waals surface area contributed by atoms with Gasteiger partial charge in [0.05, 0.1) is 5.56 Å². The summed E-state index contributed by atoms with van der Waals surface area (Å²) in [6.45, 7) is 0. The summed E-state index contributed by atoms with van der Waals surface area (Å²) in [4.78, 5) is 11.8. The maximum atomic E-state index is 11.8. The van der Waals surface area contributed by atoms with Crippen molar-refractivity contribution in [3.05, 3.63) is 60.3 Å². The molecule has 0 radical (unpaired) electrons. The van der Waals surface area contributed by atoms with Crippen molar-refractivity contribution in [3.63, 3.8) is 0 Å². The van der Waals surface area contributed by atoms with Gasteiger partial charge >= 0.3 is 5.97 Å². The van der Waals surface area contributed by atoms with Gasteiger partial charge in [-0.25, -0.2) is 9.95 Å². The minimum absolute atomic E-state index is 0.266. The van der Waals surface area contributed by atoms with Crippen LogP contribution in [0.3, 0.4) is 0 Å². The molecule has 1 heterocycles. The van der Waals surface area contributed by atoms with Gasteiger partial charge in [-0.15, -0.1) is 0 Å². The Bertz CT molecular complexity index is 1190. The third-order valence-corrected chi connectivity index (χ3v) is 4.48. The largest absolute Gasteiger partial charge is 0.478 e. The molecule has 0 spiro atoms. The molecule has 1 aliphatic heterocycles. The molecule has 3 aromatic rings. The van der Waals surface area contributed by atoms with Gasteiger partial charge in [-0.3, -0.25) is 0 Å². The highest BCUT2D eigenvalue weighted by molar-refractivity contribution is 6.25. The normalized spacial score (nSPS) is 11.8. The summed E-state index contributed by atoms with van der Waals surface area (Å²) in [7, 11) is 0. The van der Waals surface area contributed by atoms with E-state index in [0.717, 1.165) is 32.5 Å². The van der Waals surface area contributed by atoms with E-state index in [2.05, 4.69) is 11.2 Å². The fraction of sp³-hybridized carbons (Fsp3) is 0. The number of H-pyrrole nitrogens is 1. The Kier molecular flexibility index (Phi) is 2.21. The van der Waals surface area contributed by atoms with Crippen LogP contribution in [0.25, 0.3) is 43.6 Å². The zero-order valence-corrected chi connectivity index (χ0v) is 12.0. The molecule has 0 saturated carbocycles. The van der Waals surface area contributed by atoms with Crippen LogP contribution in [-0.2, 0) is 0 Å². The Morgan fingerprint density at radius 3 is 2.70 bits per heavy atom. The average Bonchev–Trinajstić information content (AvgIpc) is 3.14. The molecule has 110 valence electrons. The SMILES string of the molecule is O=C(O)c1cc2c3ccccc3ccc2c2cc3c[nH]oc-3c12. The monoisotopic (exact) mass is 301 g/mol. The summed E-state index contributed by atoms with van der Waals surface area (Å²) in [5, 5.41) is 18.1. The lowest BCUT2D eigenvalue weighted by Gasteiger charge is -2.08. The first-order chi connectivity index (χ1) is 11.2. The van der Waals surface area contributed by atoms with Crippen LogP contribution in [0.5, 0.6) is 0 Å². The molecule has 0 unspecified atom stereocenters. The topological polar surface area (TPSA) is 66.2 Å². The van der Waals surface area contributed by atoms with Crippen LogP contribution in [0.2, 0.25) is 0 Å². The molecule has 2 N–H and O–H groups in total. The van der Waals surface area contributed by atoms with Gasteiger partial charge in [0.15, 0.2) is 5.76 Å². The Balaban J connectivity index is 2.11. The van der Waals surface area contributed by atoms with Gasteiger partial charge in [0.25, 0.3) is 0 Å². The minimum Gasteiger partial charge on any atom is -0.478 e. The Morgan fingerprint density at radius 1 is 0.957 bits per heavy atom. The Hall–Kier alpha value is -3.27. The van der Waals surface area contributed by atoms with E-state index in [0.29, 0.717) is 11.1 Å². The number of rotatable bonds is 1. The molecular formula is C19H11NO3. The summed E-state index contributed by atoms with van der Waals surface area (Å²) in [6, 6.07) is 15.9. The van der Waals surface area contributed by atoms with Crippen molar-refractivity contribution in [1.82, 2.24) is 5.16 Å². The maximum absolute atomic E-state index is 11.8. The molecule has 0 saturated heterocycles. The molecule has 0 fully saturated rings. The number of aromatic nitrogens is 1. The van der Waals surface area contributed by atoms with Gasteiger partial charge in [0, 0.05) is 17.1 Å². The van der Waals surface area contributed by atoms with Crippen molar-refractivity contribution in [1.29, 1.82) is 0 Å². The van der Waals surface area contributed by atoms with Crippen LogP contribution in [0.1, 0.15) is 10.4 Å². The number of carboxylic acid groups (broad SMARTS) is 1. The predicted octanol–water partition coefficient (Wildman–Crippen LogP) is 4.87. The molecule has 0 aromatic heterocycles. The van der Waals surface area contributed by atoms with Crippen molar-refractivity contribution < 1.29 is 14.4 Å². The van der Waals surface area contributed by atoms with E-state index in [1.807, 2.05) is 36.4 Å². The second-order valence-corrected chi connectivity index (χ2v) is 5.69. The average molecular weight is 301 g/mol. The fourth-order valence-corrected chi connectivity index (χ4v) is 3.48. The summed E-state index contributed by atoms with van der Waals surface area (Å²) >= 11 is 0. The zero-order valence-electron chi connectivity index (χ0n) is 12.0. The van der Waals surface area contributed by atoms with E-state index in [9.17, 15) is 9.90 Å². The first-order valence-electron chi connectivity index (χ1n) is 7.31. The van der Waals surface area contributed by atoms with Gasteiger partial charge in [-0.1, -0.05) is 36.4 Å². The highest BCUT2D eigenvalue weighted by atomic mass is 16.5. The number of aromatic carboxylic acids is 1. The van der Waals surface area contributed by atoms with E-state index in [1.54, 1.807) is 12.3 Å². The third kappa shape index (κ3) is 1.52. The third-order valence-electron chi connectivity index (χ3n) is 4.48. The van der Waals surface area contributed by atoms with Gasteiger partial charge in [-0.2, -0.15) is 0 Å². The predicted molar refractivity (Wildman–Crippen MR) is 89.2 cm³/mol. The number of nitrogens with one attached hydrogen (secondary N) is 1. The van der Waals surface area contributed by atoms with Crippen LogP contribution >= 0.6 is 0 Å². The first-order valence-corrected chi connectivity index (χ1v) is 7.31. The van der Waals surface area contributed by atoms with Crippen LogP contribution in [0, 0.1) is 0 Å². The van der Waals surface area contributed by atoms with E-state index >= 15 is 0 Å². The van der Waals surface area contributed by atoms with Gasteiger partial charge in [0.1, 0.15) is 0 Å². The number of fused-ring (bicyclic) bond motifs is 7. The number of benzene rings is 3. The number of hydrogen-bond donors (Lipinski definition) is 2. The van der Waals surface area contributed by atoms with E-state index < -0.39 is 5.97 Å². The quantitative estimate of drug-likeness (QED) is 0.434. The van der Waals surface area contributed by atoms with Crippen molar-refractivity contribution in [2.75, 3.05) is 0 Å². The molecule has 4 nitrogen and oxygen atoms in total. The van der Waals surface area contributed by atoms with Crippen molar-refractivity contribution in [2.24, 2.45) is 0 Å². The van der Waals surface area contributed by atoms with Crippen LogP contribution in [0.15, 0.2) is 59.3 Å². The fourth-order valence-electron chi connectivity index (χ4n) is 3.48. The molecular weight excluding hydrogens is 290 g/mol. The van der Waals surface area contributed by atoms with E-state index in [4.69, 9.17) is 4.52 Å². The van der Waals surface area contributed by atoms with Gasteiger partial charge in [-0.05, 0) is 39.1 Å². The number of carboxylic acids is 1. The van der Waals surface area contributed by atoms with Crippen LogP contribution < -0.4 is 0 Å². The maximum Gasteiger partial charge on any atom is 0.336 e. The number of hydrogen-bond acceptors (Lipinski definition) is 2. The lowest BCUT2D eigenvalue weighted by atomic mass is 9.96. The summed E-state index contributed by atoms with van der Waals surface area (Å²) < 4.78 is 5.41. The molecule has 5 rings (SSSR count). The summed E-state index contributed by atoms with van der Waals surface area (Å²) in [6.07, 6.45) is 1.74. The summed E-state index contributed by atoms with van der Waals surface area (Å²) in [5.41, 5.74) is 1.14. The van der Waals surface area contributed by atoms with E-state index in [1.165, 1.54) is 0 Å². The van der Waals surface area contributed by atoms with E-state index in [-0.39, 0.29) is 5.56 Å². The number of carbonyl (C=O) groups is 1. The molecule has 0 atom stereocenters. The van der Waals surface area contributed by atoms with Crippen LogP contribution in [0.4, 0.5) is 0 Å². The molecule has 0 bridgehead atoms. The van der Waals surface area contributed by atoms with Gasteiger partial charge < -0.3 is 9.63 Å². The molecule has 1 aliphatic carbocycles.